The molecule has 0 bridgehead atoms. The van der Waals surface area contributed by atoms with Crippen molar-refractivity contribution in [2.45, 2.75) is 0 Å². The SMILES string of the molecule is CN(C)C(=O)c1ccc(NC(=O)COC(=O)c2ccc(Cl)cc2Cl)cc1. The molecule has 2 aromatic rings. The largest absolute Gasteiger partial charge is 0.452 e. The molecule has 0 aromatic heterocycles. The maximum atomic E-state index is 11.9. The third kappa shape index (κ3) is 5.21. The fourth-order valence-electron chi connectivity index (χ4n) is 2.02. The van der Waals surface area contributed by atoms with Crippen LogP contribution in [0, 0.1) is 0 Å². The van der Waals surface area contributed by atoms with Crippen LogP contribution in [0.3, 0.4) is 0 Å². The van der Waals surface area contributed by atoms with Crippen LogP contribution in [0.25, 0.3) is 0 Å². The molecule has 6 nitrogen and oxygen atoms in total. The summed E-state index contributed by atoms with van der Waals surface area (Å²) in [4.78, 5) is 37.1. The van der Waals surface area contributed by atoms with E-state index in [2.05, 4.69) is 5.32 Å². The average Bonchev–Trinajstić information content (AvgIpc) is 2.59. The topological polar surface area (TPSA) is 75.7 Å². The second-order valence-corrected chi connectivity index (χ2v) is 6.37. The van der Waals surface area contributed by atoms with Gasteiger partial charge in [0, 0.05) is 30.4 Å². The number of anilines is 1. The van der Waals surface area contributed by atoms with Crippen LogP contribution in [0.4, 0.5) is 5.69 Å². The van der Waals surface area contributed by atoms with Gasteiger partial charge in [-0.3, -0.25) is 9.59 Å². The van der Waals surface area contributed by atoms with Gasteiger partial charge in [0.05, 0.1) is 10.6 Å². The Kier molecular flexibility index (Phi) is 6.60. The number of halogens is 2. The molecule has 0 saturated carbocycles. The zero-order chi connectivity index (χ0) is 19.3. The zero-order valence-corrected chi connectivity index (χ0v) is 15.6. The summed E-state index contributed by atoms with van der Waals surface area (Å²) in [5.41, 5.74) is 1.10. The van der Waals surface area contributed by atoms with Gasteiger partial charge in [0.25, 0.3) is 11.8 Å². The van der Waals surface area contributed by atoms with E-state index >= 15 is 0 Å². The van der Waals surface area contributed by atoms with Crippen molar-refractivity contribution in [3.63, 3.8) is 0 Å². The molecule has 0 spiro atoms. The number of ether oxygens (including phenoxy) is 1. The lowest BCUT2D eigenvalue weighted by molar-refractivity contribution is -0.119. The summed E-state index contributed by atoms with van der Waals surface area (Å²) in [6, 6.07) is 10.7. The van der Waals surface area contributed by atoms with Crippen molar-refractivity contribution in [2.75, 3.05) is 26.0 Å². The fourth-order valence-corrected chi connectivity index (χ4v) is 2.50. The van der Waals surface area contributed by atoms with Gasteiger partial charge in [-0.2, -0.15) is 0 Å². The number of hydrogen-bond donors (Lipinski definition) is 1. The van der Waals surface area contributed by atoms with Crippen molar-refractivity contribution >= 4 is 46.7 Å². The van der Waals surface area contributed by atoms with Crippen LogP contribution >= 0.6 is 23.2 Å². The van der Waals surface area contributed by atoms with E-state index < -0.39 is 18.5 Å². The first-order valence-corrected chi connectivity index (χ1v) is 8.27. The average molecular weight is 395 g/mol. The van der Waals surface area contributed by atoms with Crippen molar-refractivity contribution in [2.24, 2.45) is 0 Å². The van der Waals surface area contributed by atoms with Gasteiger partial charge in [-0.15, -0.1) is 0 Å². The number of nitrogens with zero attached hydrogens (tertiary/aromatic N) is 1. The quantitative estimate of drug-likeness (QED) is 0.787. The Balaban J connectivity index is 1.90. The first-order chi connectivity index (χ1) is 12.3. The molecule has 2 amide bonds. The van der Waals surface area contributed by atoms with Crippen molar-refractivity contribution in [1.82, 2.24) is 4.90 Å². The highest BCUT2D eigenvalue weighted by molar-refractivity contribution is 6.36. The fraction of sp³-hybridized carbons (Fsp3) is 0.167. The van der Waals surface area contributed by atoms with E-state index in [4.69, 9.17) is 27.9 Å². The van der Waals surface area contributed by atoms with E-state index in [1.54, 1.807) is 38.4 Å². The monoisotopic (exact) mass is 394 g/mol. The summed E-state index contributed by atoms with van der Waals surface area (Å²) >= 11 is 11.7. The molecule has 0 radical (unpaired) electrons. The van der Waals surface area contributed by atoms with Crippen molar-refractivity contribution < 1.29 is 19.1 Å². The van der Waals surface area contributed by atoms with E-state index in [-0.39, 0.29) is 16.5 Å². The van der Waals surface area contributed by atoms with Gasteiger partial charge in [-0.1, -0.05) is 23.2 Å². The summed E-state index contributed by atoms with van der Waals surface area (Å²) in [6.45, 7) is -0.476. The molecule has 26 heavy (non-hydrogen) atoms. The highest BCUT2D eigenvalue weighted by atomic mass is 35.5. The minimum Gasteiger partial charge on any atom is -0.452 e. The highest BCUT2D eigenvalue weighted by Crippen LogP contribution is 2.21. The molecule has 0 fully saturated rings. The number of hydrogen-bond acceptors (Lipinski definition) is 4. The Labute approximate surface area is 160 Å². The van der Waals surface area contributed by atoms with Crippen LogP contribution in [0.2, 0.25) is 10.0 Å². The first-order valence-electron chi connectivity index (χ1n) is 7.51. The van der Waals surface area contributed by atoms with Crippen LogP contribution in [-0.2, 0) is 9.53 Å². The van der Waals surface area contributed by atoms with E-state index in [1.807, 2.05) is 0 Å². The number of esters is 1. The van der Waals surface area contributed by atoms with Crippen LogP contribution in [0.1, 0.15) is 20.7 Å². The molecule has 2 rings (SSSR count). The summed E-state index contributed by atoms with van der Waals surface area (Å²) in [5.74, 6) is -1.39. The highest BCUT2D eigenvalue weighted by Gasteiger charge is 2.14. The summed E-state index contributed by atoms with van der Waals surface area (Å²) in [5, 5.41) is 3.10. The van der Waals surface area contributed by atoms with Crippen LogP contribution < -0.4 is 5.32 Å². The second kappa shape index (κ2) is 8.69. The van der Waals surface area contributed by atoms with Gasteiger partial charge >= 0.3 is 5.97 Å². The normalized spacial score (nSPS) is 10.2. The molecule has 0 atom stereocenters. The lowest BCUT2D eigenvalue weighted by Crippen LogP contribution is -2.22. The number of nitrogens with one attached hydrogen (secondary N) is 1. The lowest BCUT2D eigenvalue weighted by Gasteiger charge is -2.11. The van der Waals surface area contributed by atoms with Crippen molar-refractivity contribution in [3.8, 4) is 0 Å². The van der Waals surface area contributed by atoms with E-state index in [9.17, 15) is 14.4 Å². The maximum Gasteiger partial charge on any atom is 0.340 e. The molecule has 0 heterocycles. The molecule has 1 N–H and O–H groups in total. The number of rotatable bonds is 5. The number of amides is 2. The van der Waals surface area contributed by atoms with Gasteiger partial charge < -0.3 is 15.0 Å². The lowest BCUT2D eigenvalue weighted by atomic mass is 10.2. The third-order valence-corrected chi connectivity index (χ3v) is 3.85. The number of benzene rings is 2. The Morgan fingerprint density at radius 3 is 2.27 bits per heavy atom. The molecule has 0 aliphatic carbocycles. The Morgan fingerprint density at radius 1 is 1.04 bits per heavy atom. The second-order valence-electron chi connectivity index (χ2n) is 5.53. The van der Waals surface area contributed by atoms with Gasteiger partial charge in [0.15, 0.2) is 6.61 Å². The van der Waals surface area contributed by atoms with Crippen molar-refractivity contribution in [3.05, 3.63) is 63.6 Å². The number of carbonyl (C=O) groups excluding carboxylic acids is 3. The smallest absolute Gasteiger partial charge is 0.340 e. The van der Waals surface area contributed by atoms with Gasteiger partial charge in [-0.25, -0.2) is 4.79 Å². The minimum atomic E-state index is -0.728. The van der Waals surface area contributed by atoms with E-state index in [1.165, 1.54) is 23.1 Å². The predicted molar refractivity (Wildman–Crippen MR) is 99.8 cm³/mol. The molecular formula is C18H16Cl2N2O4. The molecule has 136 valence electrons. The van der Waals surface area contributed by atoms with E-state index in [0.717, 1.165) is 0 Å². The standard InChI is InChI=1S/C18H16Cl2N2O4/c1-22(2)17(24)11-3-6-13(7-4-11)21-16(23)10-26-18(25)14-8-5-12(19)9-15(14)20/h3-9H,10H2,1-2H3,(H,21,23). The summed E-state index contributed by atoms with van der Waals surface area (Å²) in [7, 11) is 3.30. The summed E-state index contributed by atoms with van der Waals surface area (Å²) in [6.07, 6.45) is 0. The molecular weight excluding hydrogens is 379 g/mol. The van der Waals surface area contributed by atoms with Crippen molar-refractivity contribution in [1.29, 1.82) is 0 Å². The van der Waals surface area contributed by atoms with E-state index in [0.29, 0.717) is 16.3 Å². The third-order valence-electron chi connectivity index (χ3n) is 3.31. The minimum absolute atomic E-state index is 0.121. The molecule has 0 saturated heterocycles. The zero-order valence-electron chi connectivity index (χ0n) is 14.1. The Hall–Kier alpha value is -2.57. The molecule has 0 aliphatic rings. The molecule has 2 aromatic carbocycles. The van der Waals surface area contributed by atoms with Crippen LogP contribution in [0.5, 0.6) is 0 Å². The Bertz CT molecular complexity index is 836. The molecule has 0 aliphatic heterocycles. The molecule has 8 heteroatoms. The maximum absolute atomic E-state index is 11.9. The van der Waals surface area contributed by atoms with Crippen LogP contribution in [-0.4, -0.2) is 43.4 Å². The van der Waals surface area contributed by atoms with Crippen LogP contribution in [0.15, 0.2) is 42.5 Å². The first kappa shape index (κ1) is 19.8. The number of carbonyl (C=O) groups is 3. The molecule has 0 unspecified atom stereocenters. The summed E-state index contributed by atoms with van der Waals surface area (Å²) < 4.78 is 4.94. The Morgan fingerprint density at radius 2 is 1.69 bits per heavy atom. The van der Waals surface area contributed by atoms with Gasteiger partial charge in [-0.05, 0) is 42.5 Å². The predicted octanol–water partition coefficient (Wildman–Crippen LogP) is 3.49. The van der Waals surface area contributed by atoms with Gasteiger partial charge in [0.1, 0.15) is 0 Å². The van der Waals surface area contributed by atoms with Gasteiger partial charge in [0.2, 0.25) is 0 Å².